The maximum atomic E-state index is 6.10. The lowest BCUT2D eigenvalue weighted by molar-refractivity contribution is -0.0528. The molecule has 0 amide bonds. The summed E-state index contributed by atoms with van der Waals surface area (Å²) in [5.74, 6) is 0. The topological polar surface area (TPSA) is 34.2 Å². The lowest BCUT2D eigenvalue weighted by Gasteiger charge is -2.40. The van der Waals surface area contributed by atoms with Gasteiger partial charge in [0, 0.05) is 31.5 Å². The highest BCUT2D eigenvalue weighted by atomic mass is 16.5. The first-order valence-electron chi connectivity index (χ1n) is 8.49. The number of ether oxygens (including phenoxy) is 1. The monoisotopic (exact) mass is 290 g/mol. The van der Waals surface area contributed by atoms with E-state index in [4.69, 9.17) is 4.74 Å². The molecule has 1 heterocycles. The molecule has 1 fully saturated rings. The van der Waals surface area contributed by atoms with Gasteiger partial charge in [-0.15, -0.1) is 0 Å². The van der Waals surface area contributed by atoms with E-state index in [9.17, 15) is 0 Å². The van der Waals surface area contributed by atoms with Gasteiger partial charge in [-0.2, -0.15) is 0 Å². The van der Waals surface area contributed by atoms with Crippen molar-refractivity contribution in [3.8, 4) is 0 Å². The van der Waals surface area contributed by atoms with Gasteiger partial charge in [-0.05, 0) is 37.9 Å². The smallest absolute Gasteiger partial charge is 0.0834 e. The van der Waals surface area contributed by atoms with Crippen LogP contribution in [0.15, 0.2) is 24.4 Å². The molecule has 0 aromatic carbocycles. The highest BCUT2D eigenvalue weighted by Gasteiger charge is 2.38. The van der Waals surface area contributed by atoms with Crippen LogP contribution in [0.1, 0.15) is 57.6 Å². The molecule has 0 radical (unpaired) electrons. The predicted molar refractivity (Wildman–Crippen MR) is 87.5 cm³/mol. The van der Waals surface area contributed by atoms with Crippen molar-refractivity contribution in [3.05, 3.63) is 30.1 Å². The lowest BCUT2D eigenvalue weighted by Crippen LogP contribution is -2.53. The van der Waals surface area contributed by atoms with Crippen LogP contribution in [0.4, 0.5) is 0 Å². The van der Waals surface area contributed by atoms with E-state index < -0.39 is 0 Å². The summed E-state index contributed by atoms with van der Waals surface area (Å²) in [6, 6.07) is 6.54. The SMILES string of the molecule is CCCNC(Cc1ccccn1)C1(OC)CCCCCC1. The van der Waals surface area contributed by atoms with Crippen LogP contribution in [-0.4, -0.2) is 30.3 Å². The minimum Gasteiger partial charge on any atom is -0.377 e. The van der Waals surface area contributed by atoms with E-state index in [2.05, 4.69) is 29.4 Å². The summed E-state index contributed by atoms with van der Waals surface area (Å²) in [4.78, 5) is 4.51. The Morgan fingerprint density at radius 2 is 2.00 bits per heavy atom. The molecule has 1 aliphatic rings. The van der Waals surface area contributed by atoms with Gasteiger partial charge in [0.1, 0.15) is 0 Å². The third-order valence-electron chi connectivity index (χ3n) is 4.77. The zero-order valence-electron chi connectivity index (χ0n) is 13.6. The van der Waals surface area contributed by atoms with Gasteiger partial charge in [-0.25, -0.2) is 0 Å². The van der Waals surface area contributed by atoms with E-state index in [0.717, 1.165) is 37.9 Å². The van der Waals surface area contributed by atoms with Crippen molar-refractivity contribution in [1.29, 1.82) is 0 Å². The molecule has 0 saturated heterocycles. The molecular formula is C18H30N2O. The van der Waals surface area contributed by atoms with Gasteiger partial charge in [0.2, 0.25) is 0 Å². The Hall–Kier alpha value is -0.930. The molecule has 2 rings (SSSR count). The molecule has 21 heavy (non-hydrogen) atoms. The van der Waals surface area contributed by atoms with E-state index >= 15 is 0 Å². The quantitative estimate of drug-likeness (QED) is 0.777. The van der Waals surface area contributed by atoms with Crippen LogP contribution in [0.5, 0.6) is 0 Å². The number of rotatable bonds is 7. The van der Waals surface area contributed by atoms with Gasteiger partial charge in [-0.3, -0.25) is 4.98 Å². The number of aromatic nitrogens is 1. The number of pyridine rings is 1. The fourth-order valence-electron chi connectivity index (χ4n) is 3.51. The zero-order chi connectivity index (χ0) is 15.0. The largest absolute Gasteiger partial charge is 0.377 e. The van der Waals surface area contributed by atoms with Gasteiger partial charge in [0.25, 0.3) is 0 Å². The summed E-state index contributed by atoms with van der Waals surface area (Å²) in [6.45, 7) is 3.26. The van der Waals surface area contributed by atoms with Crippen LogP contribution in [0.25, 0.3) is 0 Å². The first-order chi connectivity index (χ1) is 10.3. The Morgan fingerprint density at radius 1 is 1.24 bits per heavy atom. The standard InChI is InChI=1S/C18H30N2O/c1-3-13-20-17(15-16-10-6-9-14-19-16)18(21-2)11-7-4-5-8-12-18/h6,9-10,14,17,20H,3-5,7-8,11-13,15H2,1-2H3. The first kappa shape index (κ1) is 16.4. The van der Waals surface area contributed by atoms with E-state index in [0.29, 0.717) is 6.04 Å². The van der Waals surface area contributed by atoms with Gasteiger partial charge >= 0.3 is 0 Å². The summed E-state index contributed by atoms with van der Waals surface area (Å²) < 4.78 is 6.10. The van der Waals surface area contributed by atoms with Crippen molar-refractivity contribution in [2.75, 3.05) is 13.7 Å². The average molecular weight is 290 g/mol. The van der Waals surface area contributed by atoms with E-state index in [1.165, 1.54) is 25.7 Å². The number of nitrogens with zero attached hydrogens (tertiary/aromatic N) is 1. The highest BCUT2D eigenvalue weighted by molar-refractivity contribution is 5.08. The van der Waals surface area contributed by atoms with Crippen LogP contribution in [-0.2, 0) is 11.2 Å². The van der Waals surface area contributed by atoms with Crippen molar-refractivity contribution in [1.82, 2.24) is 10.3 Å². The lowest BCUT2D eigenvalue weighted by atomic mass is 9.83. The van der Waals surface area contributed by atoms with Crippen molar-refractivity contribution >= 4 is 0 Å². The highest BCUT2D eigenvalue weighted by Crippen LogP contribution is 2.34. The Bertz CT molecular complexity index is 385. The molecule has 1 atom stereocenters. The third kappa shape index (κ3) is 4.52. The summed E-state index contributed by atoms with van der Waals surface area (Å²) >= 11 is 0. The Labute approximate surface area is 129 Å². The molecule has 0 aliphatic heterocycles. The normalized spacial score (nSPS) is 19.9. The van der Waals surface area contributed by atoms with Crippen LogP contribution < -0.4 is 5.32 Å². The molecule has 1 N–H and O–H groups in total. The summed E-state index contributed by atoms with van der Waals surface area (Å²) in [5.41, 5.74) is 1.13. The number of hydrogen-bond acceptors (Lipinski definition) is 3. The number of nitrogens with one attached hydrogen (secondary N) is 1. The minimum absolute atomic E-state index is 0.0246. The Morgan fingerprint density at radius 3 is 2.57 bits per heavy atom. The van der Waals surface area contributed by atoms with Gasteiger partial charge in [-0.1, -0.05) is 38.7 Å². The summed E-state index contributed by atoms with van der Waals surface area (Å²) in [6.07, 6.45) is 11.6. The molecule has 1 unspecified atom stereocenters. The third-order valence-corrected chi connectivity index (χ3v) is 4.77. The molecule has 118 valence electrons. The van der Waals surface area contributed by atoms with Crippen LogP contribution >= 0.6 is 0 Å². The molecule has 0 spiro atoms. The first-order valence-corrected chi connectivity index (χ1v) is 8.49. The number of methoxy groups -OCH3 is 1. The molecule has 3 nitrogen and oxygen atoms in total. The molecule has 1 aromatic heterocycles. The molecule has 0 bridgehead atoms. The predicted octanol–water partition coefficient (Wildman–Crippen LogP) is 3.73. The summed E-state index contributed by atoms with van der Waals surface area (Å²) in [7, 11) is 1.89. The maximum absolute atomic E-state index is 6.10. The second-order valence-electron chi connectivity index (χ2n) is 6.22. The summed E-state index contributed by atoms with van der Waals surface area (Å²) in [5, 5.41) is 3.74. The second kappa shape index (κ2) is 8.50. The van der Waals surface area contributed by atoms with Crippen LogP contribution in [0.2, 0.25) is 0 Å². The van der Waals surface area contributed by atoms with E-state index in [1.807, 2.05) is 19.4 Å². The van der Waals surface area contributed by atoms with Gasteiger partial charge < -0.3 is 10.1 Å². The second-order valence-corrected chi connectivity index (χ2v) is 6.22. The van der Waals surface area contributed by atoms with Crippen molar-refractivity contribution in [3.63, 3.8) is 0 Å². The molecule has 1 aliphatic carbocycles. The zero-order valence-corrected chi connectivity index (χ0v) is 13.6. The van der Waals surface area contributed by atoms with Crippen molar-refractivity contribution < 1.29 is 4.74 Å². The fourth-order valence-corrected chi connectivity index (χ4v) is 3.51. The Balaban J connectivity index is 2.15. The van der Waals surface area contributed by atoms with Gasteiger partial charge in [0.15, 0.2) is 0 Å². The van der Waals surface area contributed by atoms with Crippen LogP contribution in [0.3, 0.4) is 0 Å². The van der Waals surface area contributed by atoms with Crippen LogP contribution in [0, 0.1) is 0 Å². The fraction of sp³-hybridized carbons (Fsp3) is 0.722. The molecule has 1 saturated carbocycles. The van der Waals surface area contributed by atoms with E-state index in [1.54, 1.807) is 0 Å². The molecule has 3 heteroatoms. The number of hydrogen-bond donors (Lipinski definition) is 1. The van der Waals surface area contributed by atoms with Crippen molar-refractivity contribution in [2.24, 2.45) is 0 Å². The Kier molecular flexibility index (Phi) is 6.65. The minimum atomic E-state index is -0.0246. The molecular weight excluding hydrogens is 260 g/mol. The molecule has 1 aromatic rings. The van der Waals surface area contributed by atoms with Crippen molar-refractivity contribution in [2.45, 2.75) is 69.9 Å². The maximum Gasteiger partial charge on any atom is 0.0834 e. The van der Waals surface area contributed by atoms with E-state index in [-0.39, 0.29) is 5.60 Å². The average Bonchev–Trinajstić information content (AvgIpc) is 2.79. The van der Waals surface area contributed by atoms with Gasteiger partial charge in [0.05, 0.1) is 5.60 Å².